The summed E-state index contributed by atoms with van der Waals surface area (Å²) in [6.45, 7) is 6.75. The van der Waals surface area contributed by atoms with Crippen molar-refractivity contribution in [2.45, 2.75) is 51.9 Å². The molecule has 5 nitrogen and oxygen atoms in total. The molecule has 0 saturated carbocycles. The fourth-order valence-electron chi connectivity index (χ4n) is 2.23. The third-order valence-corrected chi connectivity index (χ3v) is 2.97. The molecule has 1 aliphatic rings. The Morgan fingerprint density at radius 2 is 1.89 bits per heavy atom. The SMILES string of the molecule is COC(=O)[C@@H]1[C@H](C)C[C@@H](F)CN1C(=O)OC(C)(C)C. The molecule has 1 amide bonds. The highest BCUT2D eigenvalue weighted by molar-refractivity contribution is 5.82. The smallest absolute Gasteiger partial charge is 0.411 e. The lowest BCUT2D eigenvalue weighted by Crippen LogP contribution is -2.56. The van der Waals surface area contributed by atoms with Gasteiger partial charge < -0.3 is 9.47 Å². The largest absolute Gasteiger partial charge is 0.467 e. The topological polar surface area (TPSA) is 55.8 Å². The van der Waals surface area contributed by atoms with Crippen LogP contribution in [0.25, 0.3) is 0 Å². The number of halogens is 1. The monoisotopic (exact) mass is 275 g/mol. The van der Waals surface area contributed by atoms with Gasteiger partial charge in [-0.05, 0) is 33.1 Å². The first-order chi connectivity index (χ1) is 8.65. The number of ether oxygens (including phenoxy) is 2. The molecule has 3 atom stereocenters. The van der Waals surface area contributed by atoms with Gasteiger partial charge in [-0.25, -0.2) is 14.0 Å². The minimum absolute atomic E-state index is 0.140. The summed E-state index contributed by atoms with van der Waals surface area (Å²) in [6, 6.07) is -0.785. The number of carbonyl (C=O) groups is 2. The van der Waals surface area contributed by atoms with Crippen LogP contribution in [0.4, 0.5) is 9.18 Å². The second-order valence-electron chi connectivity index (χ2n) is 5.91. The summed E-state index contributed by atoms with van der Waals surface area (Å²) < 4.78 is 23.5. The molecule has 0 aromatic carbocycles. The first-order valence-electron chi connectivity index (χ1n) is 6.37. The number of alkyl halides is 1. The van der Waals surface area contributed by atoms with Crippen LogP contribution >= 0.6 is 0 Å². The minimum Gasteiger partial charge on any atom is -0.467 e. The van der Waals surface area contributed by atoms with Crippen molar-refractivity contribution in [3.05, 3.63) is 0 Å². The molecule has 0 spiro atoms. The van der Waals surface area contributed by atoms with Crippen molar-refractivity contribution in [3.8, 4) is 0 Å². The normalized spacial score (nSPS) is 27.9. The molecule has 0 N–H and O–H groups in total. The third-order valence-electron chi connectivity index (χ3n) is 2.97. The van der Waals surface area contributed by atoms with Crippen LogP contribution in [-0.4, -0.2) is 48.4 Å². The lowest BCUT2D eigenvalue weighted by Gasteiger charge is -2.39. The Bertz CT molecular complexity index is 353. The first kappa shape index (κ1) is 15.7. The summed E-state index contributed by atoms with van der Waals surface area (Å²) in [7, 11) is 1.25. The second kappa shape index (κ2) is 5.75. The predicted molar refractivity (Wildman–Crippen MR) is 67.4 cm³/mol. The van der Waals surface area contributed by atoms with Gasteiger partial charge in [-0.2, -0.15) is 0 Å². The Kier molecular flexibility index (Phi) is 4.76. The maximum absolute atomic E-state index is 13.6. The number of likely N-dealkylation sites (tertiary alicyclic amines) is 1. The lowest BCUT2D eigenvalue weighted by atomic mass is 9.90. The quantitative estimate of drug-likeness (QED) is 0.688. The van der Waals surface area contributed by atoms with Gasteiger partial charge in [0, 0.05) is 0 Å². The number of methoxy groups -OCH3 is 1. The average molecular weight is 275 g/mol. The average Bonchev–Trinajstić information content (AvgIpc) is 2.24. The van der Waals surface area contributed by atoms with E-state index in [1.54, 1.807) is 27.7 Å². The fraction of sp³-hybridized carbons (Fsp3) is 0.846. The van der Waals surface area contributed by atoms with Gasteiger partial charge in [0.15, 0.2) is 0 Å². The van der Waals surface area contributed by atoms with Crippen LogP contribution in [0.3, 0.4) is 0 Å². The standard InChI is InChI=1S/C13H22FNO4/c1-8-6-9(14)7-15(10(8)11(16)18-5)12(17)19-13(2,3)4/h8-10H,6-7H2,1-5H3/t8-,9-,10+/m1/s1. The van der Waals surface area contributed by atoms with Gasteiger partial charge in [-0.1, -0.05) is 6.92 Å². The highest BCUT2D eigenvalue weighted by atomic mass is 19.1. The van der Waals surface area contributed by atoms with Crippen LogP contribution in [0, 0.1) is 5.92 Å². The molecular formula is C13H22FNO4. The van der Waals surface area contributed by atoms with Crippen LogP contribution in [-0.2, 0) is 14.3 Å². The van der Waals surface area contributed by atoms with E-state index in [9.17, 15) is 14.0 Å². The Hall–Kier alpha value is -1.33. The van der Waals surface area contributed by atoms with Gasteiger partial charge in [-0.3, -0.25) is 4.90 Å². The van der Waals surface area contributed by atoms with Crippen LogP contribution in [0.15, 0.2) is 0 Å². The van der Waals surface area contributed by atoms with E-state index in [1.807, 2.05) is 0 Å². The Balaban J connectivity index is 2.91. The molecule has 1 rings (SSSR count). The van der Waals surface area contributed by atoms with Crippen molar-refractivity contribution < 1.29 is 23.5 Å². The van der Waals surface area contributed by atoms with E-state index in [4.69, 9.17) is 9.47 Å². The van der Waals surface area contributed by atoms with Crippen molar-refractivity contribution >= 4 is 12.1 Å². The van der Waals surface area contributed by atoms with Crippen LogP contribution in [0.2, 0.25) is 0 Å². The van der Waals surface area contributed by atoms with E-state index in [0.29, 0.717) is 0 Å². The van der Waals surface area contributed by atoms with Gasteiger partial charge in [-0.15, -0.1) is 0 Å². The summed E-state index contributed by atoms with van der Waals surface area (Å²) in [6.07, 6.45) is -1.60. The number of carbonyl (C=O) groups excluding carboxylic acids is 2. The molecule has 0 radical (unpaired) electrons. The number of esters is 1. The Morgan fingerprint density at radius 1 is 1.32 bits per heavy atom. The minimum atomic E-state index is -1.15. The summed E-state index contributed by atoms with van der Waals surface area (Å²) in [5.41, 5.74) is -0.690. The molecule has 1 heterocycles. The summed E-state index contributed by atoms with van der Waals surface area (Å²) in [4.78, 5) is 25.0. The Morgan fingerprint density at radius 3 is 2.37 bits per heavy atom. The molecule has 19 heavy (non-hydrogen) atoms. The molecule has 110 valence electrons. The molecular weight excluding hydrogens is 253 g/mol. The van der Waals surface area contributed by atoms with Gasteiger partial charge in [0.1, 0.15) is 17.8 Å². The van der Waals surface area contributed by atoms with E-state index in [-0.39, 0.29) is 18.9 Å². The predicted octanol–water partition coefficient (Wildman–Crippen LogP) is 2.14. The van der Waals surface area contributed by atoms with E-state index in [2.05, 4.69) is 0 Å². The van der Waals surface area contributed by atoms with E-state index < -0.39 is 29.9 Å². The number of hydrogen-bond acceptors (Lipinski definition) is 4. The molecule has 0 aliphatic carbocycles. The highest BCUT2D eigenvalue weighted by Gasteiger charge is 2.43. The Labute approximate surface area is 113 Å². The van der Waals surface area contributed by atoms with Crippen molar-refractivity contribution in [1.29, 1.82) is 0 Å². The number of amides is 1. The molecule has 6 heteroatoms. The highest BCUT2D eigenvalue weighted by Crippen LogP contribution is 2.27. The second-order valence-corrected chi connectivity index (χ2v) is 5.91. The number of rotatable bonds is 1. The summed E-state index contributed by atoms with van der Waals surface area (Å²) >= 11 is 0. The maximum atomic E-state index is 13.6. The first-order valence-corrected chi connectivity index (χ1v) is 6.37. The zero-order chi connectivity index (χ0) is 14.8. The third kappa shape index (κ3) is 4.08. The zero-order valence-electron chi connectivity index (χ0n) is 12.1. The summed E-state index contributed by atoms with van der Waals surface area (Å²) in [5, 5.41) is 0. The number of hydrogen-bond donors (Lipinski definition) is 0. The zero-order valence-corrected chi connectivity index (χ0v) is 12.1. The summed E-state index contributed by atoms with van der Waals surface area (Å²) in [5.74, 6) is -0.839. The van der Waals surface area contributed by atoms with Crippen molar-refractivity contribution in [1.82, 2.24) is 4.90 Å². The van der Waals surface area contributed by atoms with Crippen molar-refractivity contribution in [2.24, 2.45) is 5.92 Å². The lowest BCUT2D eigenvalue weighted by molar-refractivity contribution is -0.151. The van der Waals surface area contributed by atoms with Crippen LogP contribution in [0.5, 0.6) is 0 Å². The number of piperidine rings is 1. The molecule has 0 unspecified atom stereocenters. The van der Waals surface area contributed by atoms with Crippen molar-refractivity contribution in [2.75, 3.05) is 13.7 Å². The molecule has 0 aromatic heterocycles. The van der Waals surface area contributed by atoms with Crippen molar-refractivity contribution in [3.63, 3.8) is 0 Å². The van der Waals surface area contributed by atoms with Gasteiger partial charge in [0.2, 0.25) is 0 Å². The molecule has 0 aromatic rings. The number of nitrogens with zero attached hydrogens (tertiary/aromatic N) is 1. The van der Waals surface area contributed by atoms with Gasteiger partial charge in [0.25, 0.3) is 0 Å². The van der Waals surface area contributed by atoms with Crippen LogP contribution < -0.4 is 0 Å². The van der Waals surface area contributed by atoms with E-state index in [1.165, 1.54) is 7.11 Å². The maximum Gasteiger partial charge on any atom is 0.411 e. The van der Waals surface area contributed by atoms with E-state index >= 15 is 0 Å². The van der Waals surface area contributed by atoms with E-state index in [0.717, 1.165) is 4.90 Å². The molecule has 1 saturated heterocycles. The van der Waals surface area contributed by atoms with Gasteiger partial charge in [0.05, 0.1) is 13.7 Å². The van der Waals surface area contributed by atoms with Gasteiger partial charge >= 0.3 is 12.1 Å². The molecule has 0 bridgehead atoms. The molecule has 1 fully saturated rings. The van der Waals surface area contributed by atoms with Crippen LogP contribution in [0.1, 0.15) is 34.1 Å². The fourth-order valence-corrected chi connectivity index (χ4v) is 2.23. The molecule has 1 aliphatic heterocycles.